The van der Waals surface area contributed by atoms with Gasteiger partial charge in [-0.3, -0.25) is 0 Å². The van der Waals surface area contributed by atoms with Crippen LogP contribution in [-0.2, 0) is 19.5 Å². The van der Waals surface area contributed by atoms with E-state index in [0.717, 1.165) is 0 Å². The van der Waals surface area contributed by atoms with E-state index in [1.807, 2.05) is 0 Å². The Morgan fingerprint density at radius 3 is 1.15 bits per heavy atom. The normalized spacial score (nSPS) is 11.6. The molecule has 0 amide bonds. The van der Waals surface area contributed by atoms with Gasteiger partial charge in [-0.15, -0.1) is 0 Å². The summed E-state index contributed by atoms with van der Waals surface area (Å²) in [5.74, 6) is 1.60. The van der Waals surface area contributed by atoms with Gasteiger partial charge in [0.1, 0.15) is 12.4 Å². The Hall–Kier alpha value is -0.790. The van der Waals surface area contributed by atoms with Crippen molar-refractivity contribution in [3.8, 4) is 0 Å². The summed E-state index contributed by atoms with van der Waals surface area (Å²) < 4.78 is 5.19. The maximum atomic E-state index is 2.61. The van der Waals surface area contributed by atoms with Crippen LogP contribution >= 0.6 is 0 Å². The molecule has 0 radical (unpaired) electrons. The van der Waals surface area contributed by atoms with Crippen LogP contribution in [0.3, 0.4) is 0 Å². The van der Waals surface area contributed by atoms with Gasteiger partial charge in [-0.05, 0) is 25.7 Å². The van der Waals surface area contributed by atoms with E-state index in [2.05, 4.69) is 42.3 Å². The monoisotopic (exact) mass is 574 g/mol. The first-order chi connectivity index (χ1) is 20.3. The predicted octanol–water partition coefficient (Wildman–Crippen LogP) is 13.1. The average molecular weight is 574 g/mol. The van der Waals surface area contributed by atoms with Gasteiger partial charge in [-0.25, -0.2) is 9.13 Å². The summed E-state index contributed by atoms with van der Waals surface area (Å²) in [6, 6.07) is 0. The molecule has 0 aromatic carbocycles. The zero-order valence-corrected chi connectivity index (χ0v) is 28.9. The summed E-state index contributed by atoms with van der Waals surface area (Å²) in [6.45, 7) is 9.37. The lowest BCUT2D eigenvalue weighted by Crippen LogP contribution is -2.37. The molecule has 0 spiro atoms. The second kappa shape index (κ2) is 30.7. The van der Waals surface area contributed by atoms with Crippen LogP contribution < -0.4 is 4.57 Å². The lowest BCUT2D eigenvalue weighted by Gasteiger charge is -2.07. The highest BCUT2D eigenvalue weighted by atomic mass is 15.1. The van der Waals surface area contributed by atoms with Gasteiger partial charge in [0, 0.05) is 6.42 Å². The zero-order chi connectivity index (χ0) is 29.5. The first-order valence-electron chi connectivity index (χ1n) is 19.4. The molecule has 0 atom stereocenters. The molecular formula is C39H77N2+. The Bertz CT molecular complexity index is 634. The highest BCUT2D eigenvalue weighted by molar-refractivity contribution is 4.84. The molecule has 0 saturated carbocycles. The largest absolute Gasteiger partial charge is 0.256 e. The SMILES string of the molecule is CCCCCCCCCCCCCCCCCc1n(CCCC)cc[n+]1CCCCCCCCCCCCCCC. The van der Waals surface area contributed by atoms with Gasteiger partial charge in [0.25, 0.3) is 5.82 Å². The number of rotatable bonds is 33. The Labute approximate surface area is 259 Å². The van der Waals surface area contributed by atoms with E-state index >= 15 is 0 Å². The molecule has 1 aromatic rings. The minimum atomic E-state index is 1.20. The third-order valence-corrected chi connectivity index (χ3v) is 9.35. The molecule has 242 valence electrons. The summed E-state index contributed by atoms with van der Waals surface area (Å²) in [5.41, 5.74) is 0. The Balaban J connectivity index is 2.09. The van der Waals surface area contributed by atoms with Crippen molar-refractivity contribution in [1.82, 2.24) is 4.57 Å². The highest BCUT2D eigenvalue weighted by Gasteiger charge is 2.16. The lowest BCUT2D eigenvalue weighted by atomic mass is 10.0. The van der Waals surface area contributed by atoms with E-state index in [4.69, 9.17) is 0 Å². The van der Waals surface area contributed by atoms with Crippen LogP contribution in [0.25, 0.3) is 0 Å². The van der Waals surface area contributed by atoms with Crippen LogP contribution in [0.15, 0.2) is 12.4 Å². The fraction of sp³-hybridized carbons (Fsp3) is 0.923. The number of aryl methyl sites for hydroxylation is 2. The lowest BCUT2D eigenvalue weighted by molar-refractivity contribution is -0.704. The number of nitrogens with zero attached hydrogens (tertiary/aromatic N) is 2. The molecule has 0 aliphatic carbocycles. The second-order valence-corrected chi connectivity index (χ2v) is 13.4. The smallest absolute Gasteiger partial charge is 0.234 e. The fourth-order valence-electron chi connectivity index (χ4n) is 6.48. The fourth-order valence-corrected chi connectivity index (χ4v) is 6.48. The van der Waals surface area contributed by atoms with E-state index in [1.54, 1.807) is 5.82 Å². The van der Waals surface area contributed by atoms with Crippen LogP contribution in [0.2, 0.25) is 0 Å². The first-order valence-corrected chi connectivity index (χ1v) is 19.4. The first kappa shape index (κ1) is 38.2. The quantitative estimate of drug-likeness (QED) is 0.0584. The molecule has 1 rings (SSSR count). The van der Waals surface area contributed by atoms with E-state index in [9.17, 15) is 0 Å². The standard InChI is InChI=1S/C39H77N2/c1-4-7-10-12-14-16-18-20-21-22-24-26-28-30-32-34-39-40(35-9-6-3)37-38-41(39)36-33-31-29-27-25-23-19-17-15-13-11-8-5-2/h37-38H,4-36H2,1-3H3/q+1. The topological polar surface area (TPSA) is 8.81 Å². The maximum absolute atomic E-state index is 2.61. The van der Waals surface area contributed by atoms with E-state index in [1.165, 1.54) is 212 Å². The van der Waals surface area contributed by atoms with Crippen LogP contribution in [0.4, 0.5) is 0 Å². The van der Waals surface area contributed by atoms with Gasteiger partial charge < -0.3 is 0 Å². The minimum absolute atomic E-state index is 1.20. The van der Waals surface area contributed by atoms with Gasteiger partial charge in [-0.1, -0.05) is 188 Å². The predicted molar refractivity (Wildman–Crippen MR) is 184 cm³/mol. The molecule has 1 aromatic heterocycles. The van der Waals surface area contributed by atoms with Crippen molar-refractivity contribution in [2.75, 3.05) is 0 Å². The van der Waals surface area contributed by atoms with Crippen LogP contribution in [0.1, 0.15) is 219 Å². The maximum Gasteiger partial charge on any atom is 0.256 e. The molecular weight excluding hydrogens is 496 g/mol. The molecule has 0 aliphatic heterocycles. The molecule has 0 saturated heterocycles. The Morgan fingerprint density at radius 2 is 0.756 bits per heavy atom. The molecule has 1 heterocycles. The number of hydrogen-bond donors (Lipinski definition) is 0. The van der Waals surface area contributed by atoms with Gasteiger partial charge >= 0.3 is 0 Å². The third kappa shape index (κ3) is 23.4. The van der Waals surface area contributed by atoms with Gasteiger partial charge in [0.05, 0.1) is 13.1 Å². The average Bonchev–Trinajstić information content (AvgIpc) is 3.37. The van der Waals surface area contributed by atoms with E-state index < -0.39 is 0 Å². The van der Waals surface area contributed by atoms with Crippen molar-refractivity contribution in [2.45, 2.75) is 233 Å². The third-order valence-electron chi connectivity index (χ3n) is 9.35. The molecule has 41 heavy (non-hydrogen) atoms. The Morgan fingerprint density at radius 1 is 0.415 bits per heavy atom. The van der Waals surface area contributed by atoms with Gasteiger partial charge in [0.15, 0.2) is 0 Å². The molecule has 0 bridgehead atoms. The van der Waals surface area contributed by atoms with Crippen molar-refractivity contribution < 1.29 is 4.57 Å². The van der Waals surface area contributed by atoms with Crippen LogP contribution in [0, 0.1) is 0 Å². The summed E-state index contributed by atoms with van der Waals surface area (Å²) in [6.07, 6.45) is 49.0. The van der Waals surface area contributed by atoms with E-state index in [0.29, 0.717) is 0 Å². The molecule has 0 unspecified atom stereocenters. The van der Waals surface area contributed by atoms with Crippen molar-refractivity contribution in [3.63, 3.8) is 0 Å². The summed E-state index contributed by atoms with van der Waals surface area (Å²) >= 11 is 0. The van der Waals surface area contributed by atoms with Gasteiger partial charge in [0.2, 0.25) is 0 Å². The number of aromatic nitrogens is 2. The van der Waals surface area contributed by atoms with Crippen LogP contribution in [0.5, 0.6) is 0 Å². The molecule has 0 aliphatic rings. The van der Waals surface area contributed by atoms with Gasteiger partial charge in [-0.2, -0.15) is 0 Å². The van der Waals surface area contributed by atoms with Crippen LogP contribution in [-0.4, -0.2) is 4.57 Å². The zero-order valence-electron chi connectivity index (χ0n) is 28.9. The van der Waals surface area contributed by atoms with Crippen molar-refractivity contribution >= 4 is 0 Å². The molecule has 2 nitrogen and oxygen atoms in total. The van der Waals surface area contributed by atoms with E-state index in [-0.39, 0.29) is 0 Å². The number of hydrogen-bond acceptors (Lipinski definition) is 0. The number of unbranched alkanes of at least 4 members (excludes halogenated alkanes) is 27. The number of imidazole rings is 1. The minimum Gasteiger partial charge on any atom is -0.234 e. The van der Waals surface area contributed by atoms with Crippen molar-refractivity contribution in [1.29, 1.82) is 0 Å². The summed E-state index contributed by atoms with van der Waals surface area (Å²) in [4.78, 5) is 0. The van der Waals surface area contributed by atoms with Crippen molar-refractivity contribution in [3.05, 3.63) is 18.2 Å². The Kier molecular flexibility index (Phi) is 28.6. The highest BCUT2D eigenvalue weighted by Crippen LogP contribution is 2.15. The molecule has 0 fully saturated rings. The molecule has 2 heteroatoms. The van der Waals surface area contributed by atoms with Crippen molar-refractivity contribution in [2.24, 2.45) is 0 Å². The summed E-state index contributed by atoms with van der Waals surface area (Å²) in [7, 11) is 0. The molecule has 0 N–H and O–H groups in total. The summed E-state index contributed by atoms with van der Waals surface area (Å²) in [5, 5.41) is 0. The second-order valence-electron chi connectivity index (χ2n) is 13.4.